The van der Waals surface area contributed by atoms with Gasteiger partial charge in [-0.15, -0.1) is 11.3 Å². The van der Waals surface area contributed by atoms with Gasteiger partial charge in [-0.2, -0.15) is 0 Å². The molecule has 1 aromatic carbocycles. The molecule has 10 nitrogen and oxygen atoms in total. The summed E-state index contributed by atoms with van der Waals surface area (Å²) in [5, 5.41) is 20.9. The lowest BCUT2D eigenvalue weighted by Crippen LogP contribution is -2.41. The first kappa shape index (κ1) is 25.2. The van der Waals surface area contributed by atoms with Crippen LogP contribution in [0.3, 0.4) is 0 Å². The van der Waals surface area contributed by atoms with Crippen molar-refractivity contribution in [1.29, 1.82) is 0 Å². The predicted molar refractivity (Wildman–Crippen MR) is 116 cm³/mol. The smallest absolute Gasteiger partial charge is 0.305 e. The maximum atomic E-state index is 12.6. The van der Waals surface area contributed by atoms with Gasteiger partial charge in [-0.05, 0) is 50.1 Å². The third-order valence-electron chi connectivity index (χ3n) is 4.79. The molecule has 0 bridgehead atoms. The minimum absolute atomic E-state index is 0.143. The third kappa shape index (κ3) is 5.78. The Kier molecular flexibility index (Phi) is 7.88. The van der Waals surface area contributed by atoms with Crippen molar-refractivity contribution in [2.24, 2.45) is 0 Å². The maximum absolute atomic E-state index is 12.6. The lowest BCUT2D eigenvalue weighted by molar-refractivity contribution is -0.139. The van der Waals surface area contributed by atoms with Gasteiger partial charge in [0.05, 0.1) is 27.8 Å². The lowest BCUT2D eigenvalue weighted by Gasteiger charge is -2.13. The number of aldehydes is 1. The Morgan fingerprint density at radius 3 is 2.41 bits per heavy atom. The molecule has 172 valence electrons. The highest BCUT2D eigenvalue weighted by Crippen LogP contribution is 2.28. The van der Waals surface area contributed by atoms with Gasteiger partial charge in [0.25, 0.3) is 5.91 Å². The van der Waals surface area contributed by atoms with Crippen LogP contribution in [0.5, 0.6) is 5.75 Å². The van der Waals surface area contributed by atoms with Gasteiger partial charge >= 0.3 is 5.97 Å². The van der Waals surface area contributed by atoms with Gasteiger partial charge in [0.15, 0.2) is 12.1 Å². The van der Waals surface area contributed by atoms with Crippen molar-refractivity contribution in [3.63, 3.8) is 0 Å². The van der Waals surface area contributed by atoms with E-state index >= 15 is 0 Å². The molecule has 1 aromatic heterocycles. The highest BCUT2D eigenvalue weighted by atomic mass is 32.2. The summed E-state index contributed by atoms with van der Waals surface area (Å²) in [6, 6.07) is 2.12. The zero-order valence-corrected chi connectivity index (χ0v) is 19.1. The molecular weight excluding hydrogens is 460 g/mol. The molecule has 12 heteroatoms. The summed E-state index contributed by atoms with van der Waals surface area (Å²) >= 11 is 1.02. The Hall–Kier alpha value is -3.09. The van der Waals surface area contributed by atoms with Crippen LogP contribution in [0.25, 0.3) is 0 Å². The molecule has 0 spiro atoms. The average molecular weight is 483 g/mol. The van der Waals surface area contributed by atoms with Gasteiger partial charge in [-0.3, -0.25) is 19.2 Å². The molecule has 0 saturated carbocycles. The van der Waals surface area contributed by atoms with Crippen molar-refractivity contribution in [2.45, 2.75) is 44.7 Å². The van der Waals surface area contributed by atoms with Crippen LogP contribution >= 0.6 is 11.3 Å². The summed E-state index contributed by atoms with van der Waals surface area (Å²) in [6.45, 7) is 4.40. The van der Waals surface area contributed by atoms with E-state index in [0.29, 0.717) is 22.3 Å². The second kappa shape index (κ2) is 10.0. The van der Waals surface area contributed by atoms with E-state index in [2.05, 4.69) is 10.0 Å². The van der Waals surface area contributed by atoms with Gasteiger partial charge < -0.3 is 15.5 Å². The van der Waals surface area contributed by atoms with Crippen molar-refractivity contribution >= 4 is 45.3 Å². The van der Waals surface area contributed by atoms with Crippen molar-refractivity contribution in [3.05, 3.63) is 44.6 Å². The van der Waals surface area contributed by atoms with Gasteiger partial charge in [0, 0.05) is 11.4 Å². The molecule has 0 unspecified atom stereocenters. The van der Waals surface area contributed by atoms with Gasteiger partial charge in [-0.1, -0.05) is 0 Å². The molecule has 0 fully saturated rings. The number of amides is 1. The van der Waals surface area contributed by atoms with E-state index in [9.17, 15) is 32.7 Å². The van der Waals surface area contributed by atoms with Crippen LogP contribution in [0.4, 0.5) is 0 Å². The number of Topliss-reactive ketones (excluding diaryl/α,β-unsaturated/α-hetero) is 1. The number of phenols is 1. The van der Waals surface area contributed by atoms with E-state index in [-0.39, 0.29) is 27.6 Å². The first-order valence-electron chi connectivity index (χ1n) is 9.27. The molecule has 2 aromatic rings. The van der Waals surface area contributed by atoms with E-state index in [0.717, 1.165) is 29.5 Å². The first-order chi connectivity index (χ1) is 14.9. The summed E-state index contributed by atoms with van der Waals surface area (Å²) in [5.74, 6) is -2.69. The Labute approximate surface area is 188 Å². The standard InChI is InChI=1S/C20H22N2O8S2/c1-10-11(2)19(20(28)22-15(12(3)24)7-18(26)27)31-17(10)8-21-32(29,30)14-4-5-16(25)13(6-14)9-23/h4-6,9,15,21,25H,7-8H2,1-3H3,(H,22,28)(H,26,27)/t15-/m0/s1. The van der Waals surface area contributed by atoms with Gasteiger partial charge in [0.2, 0.25) is 10.0 Å². The first-order valence-corrected chi connectivity index (χ1v) is 11.6. The average Bonchev–Trinajstić information content (AvgIpc) is 3.00. The molecule has 0 aliphatic heterocycles. The van der Waals surface area contributed by atoms with Gasteiger partial charge in [0.1, 0.15) is 5.75 Å². The summed E-state index contributed by atoms with van der Waals surface area (Å²) in [7, 11) is -4.02. The molecule has 0 aliphatic carbocycles. The second-order valence-corrected chi connectivity index (χ2v) is 9.87. The number of thiophene rings is 1. The predicted octanol–water partition coefficient (Wildman–Crippen LogP) is 1.52. The minimum Gasteiger partial charge on any atom is -0.507 e. The lowest BCUT2D eigenvalue weighted by atomic mass is 10.1. The highest BCUT2D eigenvalue weighted by molar-refractivity contribution is 7.89. The van der Waals surface area contributed by atoms with Crippen LogP contribution in [0.2, 0.25) is 0 Å². The Morgan fingerprint density at radius 1 is 1.19 bits per heavy atom. The van der Waals surface area contributed by atoms with Crippen molar-refractivity contribution in [2.75, 3.05) is 0 Å². The minimum atomic E-state index is -4.02. The van der Waals surface area contributed by atoms with Crippen LogP contribution in [0.15, 0.2) is 23.1 Å². The van der Waals surface area contributed by atoms with Crippen LogP contribution in [0.1, 0.15) is 49.4 Å². The third-order valence-corrected chi connectivity index (χ3v) is 7.58. The zero-order chi connectivity index (χ0) is 24.2. The number of aliphatic carboxylic acids is 1. The van der Waals surface area contributed by atoms with Crippen molar-refractivity contribution in [1.82, 2.24) is 10.0 Å². The quantitative estimate of drug-likeness (QED) is 0.370. The number of benzene rings is 1. The van der Waals surface area contributed by atoms with Crippen LogP contribution in [-0.4, -0.2) is 48.6 Å². The molecule has 0 radical (unpaired) electrons. The van der Waals surface area contributed by atoms with E-state index in [1.807, 2.05) is 0 Å². The van der Waals surface area contributed by atoms with Crippen LogP contribution in [-0.2, 0) is 26.2 Å². The number of sulfonamides is 1. The SMILES string of the molecule is CC(=O)[C@H](CC(=O)O)NC(=O)c1sc(CNS(=O)(=O)c2ccc(O)c(C=O)c2)c(C)c1C. The fourth-order valence-electron chi connectivity index (χ4n) is 2.77. The molecule has 1 atom stereocenters. The number of carbonyl (C=O) groups is 4. The highest BCUT2D eigenvalue weighted by Gasteiger charge is 2.25. The Bertz CT molecular complexity index is 1180. The summed E-state index contributed by atoms with van der Waals surface area (Å²) in [4.78, 5) is 46.7. The normalized spacial score (nSPS) is 12.2. The Balaban J connectivity index is 2.22. The largest absolute Gasteiger partial charge is 0.507 e. The molecule has 1 heterocycles. The summed E-state index contributed by atoms with van der Waals surface area (Å²) in [5.41, 5.74) is 1.07. The number of carboxylic acid groups (broad SMARTS) is 1. The molecule has 1 amide bonds. The topological polar surface area (TPSA) is 167 Å². The molecule has 0 saturated heterocycles. The monoisotopic (exact) mass is 482 g/mol. The van der Waals surface area contributed by atoms with E-state index in [1.165, 1.54) is 6.92 Å². The Morgan fingerprint density at radius 2 is 1.84 bits per heavy atom. The number of carbonyl (C=O) groups excluding carboxylic acids is 3. The van der Waals surface area contributed by atoms with E-state index < -0.39 is 40.1 Å². The van der Waals surface area contributed by atoms with Crippen molar-refractivity contribution in [3.8, 4) is 5.75 Å². The number of ketones is 1. The summed E-state index contributed by atoms with van der Waals surface area (Å²) in [6.07, 6.45) is -0.211. The van der Waals surface area contributed by atoms with E-state index in [4.69, 9.17) is 5.11 Å². The molecular formula is C20H22N2O8S2. The number of phenolic OH excluding ortho intramolecular Hbond substituents is 1. The van der Waals surface area contributed by atoms with Gasteiger partial charge in [-0.25, -0.2) is 13.1 Å². The van der Waals surface area contributed by atoms with Crippen molar-refractivity contribution < 1.29 is 37.8 Å². The number of nitrogens with one attached hydrogen (secondary N) is 2. The number of rotatable bonds is 10. The molecule has 0 aliphatic rings. The van der Waals surface area contributed by atoms with Crippen LogP contribution < -0.4 is 10.0 Å². The number of aromatic hydroxyl groups is 1. The number of hydrogen-bond acceptors (Lipinski definition) is 8. The maximum Gasteiger partial charge on any atom is 0.305 e. The number of hydrogen-bond donors (Lipinski definition) is 4. The summed E-state index contributed by atoms with van der Waals surface area (Å²) < 4.78 is 27.5. The molecule has 32 heavy (non-hydrogen) atoms. The van der Waals surface area contributed by atoms with E-state index in [1.54, 1.807) is 13.8 Å². The molecule has 2 rings (SSSR count). The number of carboxylic acids is 1. The molecule has 4 N–H and O–H groups in total. The fraction of sp³-hybridized carbons (Fsp3) is 0.300. The second-order valence-electron chi connectivity index (χ2n) is 7.00. The zero-order valence-electron chi connectivity index (χ0n) is 17.5. The fourth-order valence-corrected chi connectivity index (χ4v) is 5.05. The van der Waals surface area contributed by atoms with Crippen LogP contribution in [0, 0.1) is 13.8 Å².